The van der Waals surface area contributed by atoms with Crippen molar-refractivity contribution in [3.05, 3.63) is 42.2 Å². The highest BCUT2D eigenvalue weighted by molar-refractivity contribution is 5.80. The number of hydrogen-bond donors (Lipinski definition) is 2. The van der Waals surface area contributed by atoms with Crippen molar-refractivity contribution in [2.75, 3.05) is 13.1 Å². The maximum atomic E-state index is 11.8. The van der Waals surface area contributed by atoms with Gasteiger partial charge in [0.25, 0.3) is 0 Å². The van der Waals surface area contributed by atoms with Gasteiger partial charge in [0.1, 0.15) is 6.54 Å². The molecule has 0 aliphatic rings. The molecule has 0 aliphatic carbocycles. The molecule has 1 aromatic heterocycles. The topological polar surface area (TPSA) is 82.5 Å². The Bertz CT molecular complexity index is 474. The number of amides is 2. The van der Waals surface area contributed by atoms with Crippen molar-refractivity contribution in [2.45, 2.75) is 13.5 Å². The molecule has 102 valence electrons. The van der Waals surface area contributed by atoms with E-state index >= 15 is 0 Å². The molecule has 2 amide bonds. The second kappa shape index (κ2) is 7.15. The molecule has 0 aromatic carbocycles. The molecule has 0 spiro atoms. The minimum Gasteiger partial charge on any atom is -0.480 e. The van der Waals surface area contributed by atoms with Gasteiger partial charge in [0.2, 0.25) is 0 Å². The van der Waals surface area contributed by atoms with E-state index in [1.165, 1.54) is 6.08 Å². The molecular formula is C13H17N3O3. The second-order valence-electron chi connectivity index (χ2n) is 3.99. The molecule has 1 rings (SSSR count). The van der Waals surface area contributed by atoms with Gasteiger partial charge < -0.3 is 15.3 Å². The number of aryl methyl sites for hydroxylation is 1. The van der Waals surface area contributed by atoms with Crippen LogP contribution in [0.4, 0.5) is 4.79 Å². The van der Waals surface area contributed by atoms with Crippen LogP contribution in [0.5, 0.6) is 0 Å². The highest BCUT2D eigenvalue weighted by Crippen LogP contribution is 2.02. The summed E-state index contributed by atoms with van der Waals surface area (Å²) in [6.45, 7) is 5.47. The number of carbonyl (C=O) groups is 2. The van der Waals surface area contributed by atoms with Crippen LogP contribution in [0.3, 0.4) is 0 Å². The third kappa shape index (κ3) is 4.79. The Balaban J connectivity index is 2.59. The van der Waals surface area contributed by atoms with Crippen LogP contribution in [-0.2, 0) is 11.3 Å². The number of aromatic nitrogens is 1. The summed E-state index contributed by atoms with van der Waals surface area (Å²) < 4.78 is 0. The number of carboxylic acid groups (broad SMARTS) is 1. The van der Waals surface area contributed by atoms with Gasteiger partial charge in [0.15, 0.2) is 0 Å². The largest absolute Gasteiger partial charge is 0.480 e. The van der Waals surface area contributed by atoms with Crippen LogP contribution < -0.4 is 5.32 Å². The maximum Gasteiger partial charge on any atom is 0.323 e. The molecule has 0 atom stereocenters. The summed E-state index contributed by atoms with van der Waals surface area (Å²) in [6, 6.07) is 3.26. The van der Waals surface area contributed by atoms with Crippen LogP contribution in [0.1, 0.15) is 11.3 Å². The Morgan fingerprint density at radius 2 is 2.32 bits per heavy atom. The molecule has 6 nitrogen and oxygen atoms in total. The van der Waals surface area contributed by atoms with Crippen molar-refractivity contribution < 1.29 is 14.7 Å². The number of carbonyl (C=O) groups excluding carboxylic acids is 1. The lowest BCUT2D eigenvalue weighted by molar-refractivity contribution is -0.137. The highest BCUT2D eigenvalue weighted by Gasteiger charge is 2.15. The third-order valence-electron chi connectivity index (χ3n) is 2.49. The highest BCUT2D eigenvalue weighted by atomic mass is 16.4. The number of nitrogens with one attached hydrogen (secondary N) is 1. The monoisotopic (exact) mass is 263 g/mol. The molecule has 1 heterocycles. The van der Waals surface area contributed by atoms with Gasteiger partial charge in [-0.1, -0.05) is 12.1 Å². The van der Waals surface area contributed by atoms with E-state index in [9.17, 15) is 9.59 Å². The Labute approximate surface area is 111 Å². The molecule has 0 radical (unpaired) electrons. The summed E-state index contributed by atoms with van der Waals surface area (Å²) in [4.78, 5) is 27.8. The zero-order valence-corrected chi connectivity index (χ0v) is 10.8. The quantitative estimate of drug-likeness (QED) is 0.755. The zero-order chi connectivity index (χ0) is 14.3. The molecule has 0 fully saturated rings. The molecule has 6 heteroatoms. The van der Waals surface area contributed by atoms with E-state index in [1.54, 1.807) is 6.20 Å². The molecule has 2 N–H and O–H groups in total. The van der Waals surface area contributed by atoms with E-state index in [2.05, 4.69) is 16.9 Å². The van der Waals surface area contributed by atoms with Crippen molar-refractivity contribution in [2.24, 2.45) is 0 Å². The number of rotatable bonds is 6. The minimum absolute atomic E-state index is 0.180. The van der Waals surface area contributed by atoms with Gasteiger partial charge >= 0.3 is 12.0 Å². The van der Waals surface area contributed by atoms with Crippen molar-refractivity contribution in [3.63, 3.8) is 0 Å². The normalized spacial score (nSPS) is 9.74. The Hall–Kier alpha value is -2.37. The summed E-state index contributed by atoms with van der Waals surface area (Å²) in [6.07, 6.45) is 3.13. The van der Waals surface area contributed by atoms with Crippen LogP contribution in [0.25, 0.3) is 0 Å². The first-order chi connectivity index (χ1) is 9.04. The first-order valence-corrected chi connectivity index (χ1v) is 5.80. The first-order valence-electron chi connectivity index (χ1n) is 5.80. The fourth-order valence-corrected chi connectivity index (χ4v) is 1.51. The number of aliphatic carboxylic acids is 1. The van der Waals surface area contributed by atoms with Crippen LogP contribution >= 0.6 is 0 Å². The summed E-state index contributed by atoms with van der Waals surface area (Å²) in [5.74, 6) is -1.06. The van der Waals surface area contributed by atoms with Gasteiger partial charge in [0.05, 0.1) is 12.2 Å². The fraction of sp³-hybridized carbons (Fsp3) is 0.308. The van der Waals surface area contributed by atoms with Crippen LogP contribution in [0, 0.1) is 6.92 Å². The van der Waals surface area contributed by atoms with Gasteiger partial charge in [0, 0.05) is 12.7 Å². The molecule has 0 unspecified atom stereocenters. The van der Waals surface area contributed by atoms with Gasteiger partial charge in [-0.25, -0.2) is 4.79 Å². The van der Waals surface area contributed by atoms with Crippen LogP contribution in [0.15, 0.2) is 31.0 Å². The first kappa shape index (κ1) is 14.7. The Kier molecular flexibility index (Phi) is 5.53. The van der Waals surface area contributed by atoms with Crippen molar-refractivity contribution in [3.8, 4) is 0 Å². The van der Waals surface area contributed by atoms with Crippen LogP contribution in [0.2, 0.25) is 0 Å². The lowest BCUT2D eigenvalue weighted by atomic mass is 10.2. The molecule has 0 saturated heterocycles. The average molecular weight is 263 g/mol. The summed E-state index contributed by atoms with van der Waals surface area (Å²) in [7, 11) is 0. The summed E-state index contributed by atoms with van der Waals surface area (Å²) >= 11 is 0. The van der Waals surface area contributed by atoms with E-state index < -0.39 is 12.0 Å². The van der Waals surface area contributed by atoms with E-state index in [1.807, 2.05) is 19.1 Å². The lowest BCUT2D eigenvalue weighted by Gasteiger charge is -2.19. The average Bonchev–Trinajstić information content (AvgIpc) is 2.36. The minimum atomic E-state index is -1.06. The van der Waals surface area contributed by atoms with Gasteiger partial charge in [-0.05, 0) is 18.6 Å². The van der Waals surface area contributed by atoms with Gasteiger partial charge in [-0.15, -0.1) is 6.58 Å². The summed E-state index contributed by atoms with van der Waals surface area (Å²) in [5, 5.41) is 11.4. The Morgan fingerprint density at radius 3 is 2.89 bits per heavy atom. The zero-order valence-electron chi connectivity index (χ0n) is 10.8. The molecule has 0 aliphatic heterocycles. The molecule has 1 aromatic rings. The molecule has 19 heavy (non-hydrogen) atoms. The van der Waals surface area contributed by atoms with E-state index in [4.69, 9.17) is 5.11 Å². The van der Waals surface area contributed by atoms with Crippen molar-refractivity contribution in [1.29, 1.82) is 0 Å². The number of urea groups is 1. The third-order valence-corrected chi connectivity index (χ3v) is 2.49. The van der Waals surface area contributed by atoms with Crippen molar-refractivity contribution in [1.82, 2.24) is 15.2 Å². The predicted octanol–water partition coefficient (Wildman–Crippen LogP) is 1.17. The van der Waals surface area contributed by atoms with Crippen LogP contribution in [-0.4, -0.2) is 40.1 Å². The van der Waals surface area contributed by atoms with E-state index in [0.717, 1.165) is 16.2 Å². The maximum absolute atomic E-state index is 11.8. The smallest absolute Gasteiger partial charge is 0.323 e. The Morgan fingerprint density at radius 1 is 1.58 bits per heavy atom. The number of pyridine rings is 1. The number of carboxylic acids is 1. The fourth-order valence-electron chi connectivity index (χ4n) is 1.51. The number of hydrogen-bond acceptors (Lipinski definition) is 3. The summed E-state index contributed by atoms with van der Waals surface area (Å²) in [5.41, 5.74) is 1.72. The second-order valence-corrected chi connectivity index (χ2v) is 3.99. The van der Waals surface area contributed by atoms with E-state index in [0.29, 0.717) is 0 Å². The molecular weight excluding hydrogens is 246 g/mol. The van der Waals surface area contributed by atoms with Crippen molar-refractivity contribution >= 4 is 12.0 Å². The number of nitrogens with zero attached hydrogens (tertiary/aromatic N) is 2. The SMILES string of the molecule is C=CCN(CC(=O)O)C(=O)NCc1ncccc1C. The molecule has 0 bridgehead atoms. The lowest BCUT2D eigenvalue weighted by Crippen LogP contribution is -2.42. The van der Waals surface area contributed by atoms with Gasteiger partial charge in [-0.3, -0.25) is 9.78 Å². The van der Waals surface area contributed by atoms with E-state index in [-0.39, 0.29) is 19.6 Å². The predicted molar refractivity (Wildman–Crippen MR) is 70.6 cm³/mol. The molecule has 0 saturated carbocycles. The standard InChI is InChI=1S/C13H17N3O3/c1-3-7-16(9-12(17)18)13(19)15-8-11-10(2)5-4-6-14-11/h3-6H,1,7-9H2,2H3,(H,15,19)(H,17,18). The van der Waals surface area contributed by atoms with Gasteiger partial charge in [-0.2, -0.15) is 0 Å².